The number of β-lactam (4-membered cyclic amide) rings is 1. The smallest absolute Gasteiger partial charge is 0.474 e. The molecule has 5 rings (SSSR count). The number of aliphatic carboxylic acids is 1. The van der Waals surface area contributed by atoms with Crippen LogP contribution in [0.2, 0.25) is 0 Å². The molecule has 1 unspecified atom stereocenters. The minimum Gasteiger partial charge on any atom is -0.474 e. The number of fused-ring (bicyclic) bond motifs is 2. The molecule has 2 fully saturated rings. The van der Waals surface area contributed by atoms with Gasteiger partial charge in [-0.2, -0.15) is 0 Å². The summed E-state index contributed by atoms with van der Waals surface area (Å²) < 4.78 is 37.3. The van der Waals surface area contributed by atoms with Gasteiger partial charge < -0.3 is 19.7 Å². The van der Waals surface area contributed by atoms with Crippen LogP contribution in [-0.2, 0) is 28.9 Å². The summed E-state index contributed by atoms with van der Waals surface area (Å²) in [7, 11) is -3.70. The molecule has 2 N–H and O–H groups in total. The molecule has 0 spiro atoms. The molecule has 1 saturated heterocycles. The van der Waals surface area contributed by atoms with Gasteiger partial charge in [-0.3, -0.25) is 4.40 Å². The van der Waals surface area contributed by atoms with Crippen LogP contribution in [0.25, 0.3) is 10.4 Å². The fraction of sp³-hybridized carbons (Fsp3) is 0.615. The van der Waals surface area contributed by atoms with Gasteiger partial charge in [-0.05, 0) is 46.0 Å². The van der Waals surface area contributed by atoms with Crippen molar-refractivity contribution in [3.05, 3.63) is 23.1 Å². The van der Waals surface area contributed by atoms with Crippen LogP contribution in [0.15, 0.2) is 23.2 Å². The molecule has 0 radical (unpaired) electrons. The van der Waals surface area contributed by atoms with Gasteiger partial charge in [0.2, 0.25) is 5.70 Å². The number of carbonyl (C=O) groups excluding carboxylic acids is 2. The Morgan fingerprint density at radius 2 is 1.98 bits per heavy atom. The van der Waals surface area contributed by atoms with Gasteiger partial charge in [-0.25, -0.2) is 32.3 Å². The van der Waals surface area contributed by atoms with Crippen molar-refractivity contribution in [2.45, 2.75) is 88.2 Å². The number of thiazole rings is 1. The van der Waals surface area contributed by atoms with Gasteiger partial charge in [0.05, 0.1) is 23.1 Å². The molecule has 12 nitrogen and oxygen atoms in total. The second kappa shape index (κ2) is 9.93. The van der Waals surface area contributed by atoms with Crippen LogP contribution in [0.1, 0.15) is 64.2 Å². The number of imidazole rings is 1. The Balaban J connectivity index is 1.71. The predicted octanol–water partition coefficient (Wildman–Crippen LogP) is 2.99. The minimum atomic E-state index is -3.70. The molecule has 0 aromatic carbocycles. The zero-order valence-corrected chi connectivity index (χ0v) is 24.5. The molecule has 1 aliphatic carbocycles. The lowest BCUT2D eigenvalue weighted by atomic mass is 9.72. The third-order valence-electron chi connectivity index (χ3n) is 8.38. The van der Waals surface area contributed by atoms with Crippen molar-refractivity contribution in [2.24, 2.45) is 5.92 Å². The van der Waals surface area contributed by atoms with E-state index in [2.05, 4.69) is 4.98 Å². The average molecular weight is 597 g/mol. The molecule has 14 heteroatoms. The molecule has 2 aromatic heterocycles. The molecule has 2 aliphatic heterocycles. The van der Waals surface area contributed by atoms with Crippen molar-refractivity contribution in [1.29, 1.82) is 0 Å². The van der Waals surface area contributed by atoms with Crippen molar-refractivity contribution in [2.75, 3.05) is 12.8 Å². The molecule has 0 bridgehead atoms. The fourth-order valence-corrected chi connectivity index (χ4v) is 9.29. The summed E-state index contributed by atoms with van der Waals surface area (Å²) in [6.45, 7) is 4.95. The van der Waals surface area contributed by atoms with Crippen molar-refractivity contribution in [3.8, 4) is 0 Å². The summed E-state index contributed by atoms with van der Waals surface area (Å²) >= 11 is 0.985. The van der Waals surface area contributed by atoms with E-state index >= 15 is 0 Å². The van der Waals surface area contributed by atoms with Crippen LogP contribution in [0.3, 0.4) is 0 Å². The maximum Gasteiger partial charge on any atom is 0.509 e. The Morgan fingerprint density at radius 3 is 2.55 bits per heavy atom. The number of sulfone groups is 1. The van der Waals surface area contributed by atoms with E-state index in [-0.39, 0.29) is 33.8 Å². The third kappa shape index (κ3) is 4.18. The Kier molecular flexibility index (Phi) is 7.12. The lowest BCUT2D eigenvalue weighted by Crippen LogP contribution is -2.79. The number of carbonyl (C=O) groups is 3. The summed E-state index contributed by atoms with van der Waals surface area (Å²) in [6, 6.07) is -0.922. The molecular weight excluding hydrogens is 562 g/mol. The van der Waals surface area contributed by atoms with Gasteiger partial charge >= 0.3 is 18.0 Å². The van der Waals surface area contributed by atoms with E-state index in [1.807, 2.05) is 6.92 Å². The van der Waals surface area contributed by atoms with Crippen LogP contribution in [0.4, 0.5) is 4.79 Å². The number of rotatable bonds is 8. The van der Waals surface area contributed by atoms with Crippen LogP contribution in [0.5, 0.6) is 0 Å². The van der Waals surface area contributed by atoms with E-state index in [0.29, 0.717) is 24.1 Å². The number of hydrogen-bond donors (Lipinski definition) is 2. The quantitative estimate of drug-likeness (QED) is 0.263. The maximum absolute atomic E-state index is 13.7. The van der Waals surface area contributed by atoms with Crippen LogP contribution in [0, 0.1) is 5.92 Å². The van der Waals surface area contributed by atoms with Crippen LogP contribution < -0.4 is 0 Å². The van der Waals surface area contributed by atoms with Crippen molar-refractivity contribution in [1.82, 2.24) is 9.38 Å². The summed E-state index contributed by atoms with van der Waals surface area (Å²) in [4.78, 5) is 44.5. The number of aromatic nitrogens is 2. The molecule has 40 heavy (non-hydrogen) atoms. The number of carboxylic acid groups (broad SMARTS) is 1. The van der Waals surface area contributed by atoms with Crippen molar-refractivity contribution < 1.29 is 47.0 Å². The normalized spacial score (nSPS) is 29.8. The molecule has 4 heterocycles. The highest BCUT2D eigenvalue weighted by Crippen LogP contribution is 2.60. The first-order chi connectivity index (χ1) is 18.8. The maximum atomic E-state index is 13.7. The molecule has 1 saturated carbocycles. The SMILES string of the molecule is CCC[N+]12C(=O)[C@H]([C@@H](C)O)[C@@H]1[C@@](C)(OC(=O)OC1CCCCC1)C(c1cn3cnc(S(C)(=O)=O)c3s1)=C2C(=O)O. The second-order valence-corrected chi connectivity index (χ2v) is 14.1. The molecule has 3 aliphatic rings. The summed E-state index contributed by atoms with van der Waals surface area (Å²) in [6.07, 6.45) is 6.15. The number of ether oxygens (including phenoxy) is 2. The number of amides is 1. The number of carboxylic acids is 1. The second-order valence-electron chi connectivity index (χ2n) is 11.1. The van der Waals surface area contributed by atoms with Gasteiger partial charge in [0.15, 0.2) is 32.4 Å². The monoisotopic (exact) mass is 596 g/mol. The van der Waals surface area contributed by atoms with E-state index in [9.17, 15) is 33.0 Å². The summed E-state index contributed by atoms with van der Waals surface area (Å²) in [5.41, 5.74) is -1.85. The Labute approximate surface area is 235 Å². The Hall–Kier alpha value is -2.81. The first-order valence-electron chi connectivity index (χ1n) is 13.4. The van der Waals surface area contributed by atoms with Crippen LogP contribution >= 0.6 is 11.3 Å². The first-order valence-corrected chi connectivity index (χ1v) is 16.1. The number of aliphatic hydroxyl groups is 1. The minimum absolute atomic E-state index is 0.0868. The van der Waals surface area contributed by atoms with E-state index < -0.39 is 56.0 Å². The van der Waals surface area contributed by atoms with E-state index in [4.69, 9.17) is 9.47 Å². The highest BCUT2D eigenvalue weighted by molar-refractivity contribution is 7.91. The number of quaternary nitrogens is 1. The Morgan fingerprint density at radius 1 is 1.30 bits per heavy atom. The first kappa shape index (κ1) is 28.7. The third-order valence-corrected chi connectivity index (χ3v) is 10.6. The number of aliphatic hydroxyl groups excluding tert-OH is 1. The van der Waals surface area contributed by atoms with E-state index in [0.717, 1.165) is 36.9 Å². The van der Waals surface area contributed by atoms with E-state index in [1.54, 1.807) is 6.92 Å². The zero-order valence-electron chi connectivity index (χ0n) is 22.8. The molecule has 1 amide bonds. The fourth-order valence-electron chi connectivity index (χ4n) is 6.92. The lowest BCUT2D eigenvalue weighted by molar-refractivity contribution is -0.877. The number of hydrogen-bond acceptors (Lipinski definition) is 10. The number of nitrogens with zero attached hydrogens (tertiary/aromatic N) is 3. The van der Waals surface area contributed by atoms with Crippen LogP contribution in [-0.4, -0.2) is 87.2 Å². The van der Waals surface area contributed by atoms with Gasteiger partial charge in [-0.1, -0.05) is 13.3 Å². The van der Waals surface area contributed by atoms with Crippen molar-refractivity contribution in [3.63, 3.8) is 0 Å². The van der Waals surface area contributed by atoms with Gasteiger partial charge in [0.25, 0.3) is 0 Å². The standard InChI is InChI=1S/C26H33N3O9S2/c1-5-11-29-19(24(32)33)18(16-12-28-13-27-21(22(28)39-16)40(4,35)36)26(3,20(29)17(14(2)30)23(29)31)38-25(34)37-15-9-7-6-8-10-15/h12-15,17,20,30H,5-11H2,1-4H3/p+1/t14-,17-,20-,26+,29?/m1/s1. The highest BCUT2D eigenvalue weighted by Gasteiger charge is 2.81. The summed E-state index contributed by atoms with van der Waals surface area (Å²) in [5.74, 6) is -2.82. The van der Waals surface area contributed by atoms with Gasteiger partial charge in [-0.15, -0.1) is 11.3 Å². The topological polar surface area (TPSA) is 162 Å². The van der Waals surface area contributed by atoms with E-state index in [1.165, 1.54) is 23.8 Å². The highest BCUT2D eigenvalue weighted by atomic mass is 32.2. The van der Waals surface area contributed by atoms with Gasteiger partial charge in [0, 0.05) is 12.5 Å². The predicted molar refractivity (Wildman–Crippen MR) is 143 cm³/mol. The van der Waals surface area contributed by atoms with Gasteiger partial charge in [0.1, 0.15) is 17.3 Å². The molecule has 218 valence electrons. The molecular formula is C26H34N3O9S2+. The summed E-state index contributed by atoms with van der Waals surface area (Å²) in [5, 5.41) is 21.0. The lowest BCUT2D eigenvalue weighted by Gasteiger charge is -2.54. The molecule has 2 aromatic rings. The largest absolute Gasteiger partial charge is 0.509 e. The van der Waals surface area contributed by atoms with Crippen molar-refractivity contribution >= 4 is 49.6 Å². The molecule has 5 atom stereocenters. The Bertz CT molecular complexity index is 1520. The average Bonchev–Trinajstić information content (AvgIpc) is 3.48. The zero-order chi connectivity index (χ0) is 29.2.